The minimum absolute atomic E-state index is 0.000818. The summed E-state index contributed by atoms with van der Waals surface area (Å²) in [4.78, 5) is 0. The van der Waals surface area contributed by atoms with E-state index in [0.29, 0.717) is 19.3 Å². The fraction of sp³-hybridized carbons (Fsp3) is 0.909. The summed E-state index contributed by atoms with van der Waals surface area (Å²) in [6, 6.07) is 2.09. The average molecular weight is 201 g/mol. The Kier molecular flexibility index (Phi) is 3.14. The van der Waals surface area contributed by atoms with Gasteiger partial charge in [-0.05, 0) is 33.1 Å². The molecule has 1 saturated carbocycles. The second-order valence-corrected chi connectivity index (χ2v) is 4.90. The number of alkyl halides is 2. The van der Waals surface area contributed by atoms with Crippen LogP contribution < -0.4 is 0 Å². The van der Waals surface area contributed by atoms with E-state index in [9.17, 15) is 8.78 Å². The van der Waals surface area contributed by atoms with E-state index in [-0.39, 0.29) is 6.42 Å². The Hall–Kier alpha value is -0.650. The number of rotatable bonds is 2. The second kappa shape index (κ2) is 3.84. The lowest BCUT2D eigenvalue weighted by Crippen LogP contribution is -2.34. The van der Waals surface area contributed by atoms with Crippen molar-refractivity contribution >= 4 is 0 Å². The van der Waals surface area contributed by atoms with Crippen molar-refractivity contribution in [1.82, 2.24) is 0 Å². The van der Waals surface area contributed by atoms with E-state index in [1.54, 1.807) is 13.8 Å². The Morgan fingerprint density at radius 1 is 1.43 bits per heavy atom. The van der Waals surface area contributed by atoms with E-state index in [1.165, 1.54) is 0 Å². The molecule has 0 bridgehead atoms. The lowest BCUT2D eigenvalue weighted by molar-refractivity contribution is -0.0949. The van der Waals surface area contributed by atoms with Gasteiger partial charge in [0, 0.05) is 12.3 Å². The van der Waals surface area contributed by atoms with Crippen LogP contribution in [-0.2, 0) is 0 Å². The molecule has 0 heterocycles. The van der Waals surface area contributed by atoms with Crippen LogP contribution >= 0.6 is 0 Å². The van der Waals surface area contributed by atoms with E-state index >= 15 is 0 Å². The van der Waals surface area contributed by atoms with Gasteiger partial charge in [-0.3, -0.25) is 0 Å². The summed E-state index contributed by atoms with van der Waals surface area (Å²) in [7, 11) is 0. The standard InChI is InChI=1S/C11H17F2N/c1-10(2,8-14)7-9-5-3-4-6-11(9,12)13/h9H,3-7H2,1-2H3. The van der Waals surface area contributed by atoms with Gasteiger partial charge in [0.05, 0.1) is 11.5 Å². The van der Waals surface area contributed by atoms with Gasteiger partial charge in [0.2, 0.25) is 0 Å². The van der Waals surface area contributed by atoms with Crippen molar-refractivity contribution in [3.05, 3.63) is 0 Å². The molecule has 0 aromatic heterocycles. The molecule has 0 N–H and O–H groups in total. The van der Waals surface area contributed by atoms with Gasteiger partial charge in [-0.15, -0.1) is 0 Å². The Balaban J connectivity index is 2.63. The molecule has 1 atom stereocenters. The Morgan fingerprint density at radius 3 is 2.57 bits per heavy atom. The highest BCUT2D eigenvalue weighted by atomic mass is 19.3. The molecule has 14 heavy (non-hydrogen) atoms. The molecule has 0 amide bonds. The van der Waals surface area contributed by atoms with Crippen LogP contribution in [0.4, 0.5) is 8.78 Å². The number of hydrogen-bond donors (Lipinski definition) is 0. The molecular weight excluding hydrogens is 184 g/mol. The predicted molar refractivity (Wildman–Crippen MR) is 50.9 cm³/mol. The third kappa shape index (κ3) is 2.67. The van der Waals surface area contributed by atoms with Crippen molar-refractivity contribution in [1.29, 1.82) is 5.26 Å². The molecule has 0 aromatic carbocycles. The average Bonchev–Trinajstić information content (AvgIpc) is 2.09. The maximum Gasteiger partial charge on any atom is 0.251 e. The van der Waals surface area contributed by atoms with Crippen LogP contribution in [0.15, 0.2) is 0 Å². The zero-order valence-electron chi connectivity index (χ0n) is 8.82. The summed E-state index contributed by atoms with van der Waals surface area (Å²) in [6.07, 6.45) is 2.38. The van der Waals surface area contributed by atoms with Crippen LogP contribution in [0.5, 0.6) is 0 Å². The molecule has 80 valence electrons. The molecular formula is C11H17F2N. The Bertz CT molecular complexity index is 240. The summed E-state index contributed by atoms with van der Waals surface area (Å²) in [5.41, 5.74) is -0.620. The molecule has 0 spiro atoms. The summed E-state index contributed by atoms with van der Waals surface area (Å²) >= 11 is 0. The summed E-state index contributed by atoms with van der Waals surface area (Å²) in [6.45, 7) is 3.47. The molecule has 0 aliphatic heterocycles. The van der Waals surface area contributed by atoms with Crippen LogP contribution in [0.1, 0.15) is 46.0 Å². The van der Waals surface area contributed by atoms with E-state index in [0.717, 1.165) is 6.42 Å². The van der Waals surface area contributed by atoms with Crippen molar-refractivity contribution < 1.29 is 8.78 Å². The van der Waals surface area contributed by atoms with Gasteiger partial charge < -0.3 is 0 Å². The third-order valence-corrected chi connectivity index (χ3v) is 2.97. The number of hydrogen-bond acceptors (Lipinski definition) is 1. The summed E-state index contributed by atoms with van der Waals surface area (Å²) in [5, 5.41) is 8.80. The molecule has 1 nitrogen and oxygen atoms in total. The van der Waals surface area contributed by atoms with Gasteiger partial charge in [0.15, 0.2) is 0 Å². The van der Waals surface area contributed by atoms with Gasteiger partial charge in [0.1, 0.15) is 0 Å². The minimum Gasteiger partial charge on any atom is -0.207 e. The smallest absolute Gasteiger partial charge is 0.207 e. The first kappa shape index (κ1) is 11.4. The first-order valence-corrected chi connectivity index (χ1v) is 5.16. The monoisotopic (exact) mass is 201 g/mol. The molecule has 1 fully saturated rings. The van der Waals surface area contributed by atoms with E-state index < -0.39 is 17.3 Å². The predicted octanol–water partition coefficient (Wildman–Crippen LogP) is 3.75. The largest absolute Gasteiger partial charge is 0.251 e. The number of halogens is 2. The van der Waals surface area contributed by atoms with Crippen molar-refractivity contribution in [2.75, 3.05) is 0 Å². The molecule has 1 unspecified atom stereocenters. The molecule has 0 aromatic rings. The minimum atomic E-state index is -2.55. The molecule has 1 aliphatic carbocycles. The highest BCUT2D eigenvalue weighted by molar-refractivity contribution is 4.96. The third-order valence-electron chi connectivity index (χ3n) is 2.97. The topological polar surface area (TPSA) is 23.8 Å². The fourth-order valence-electron chi connectivity index (χ4n) is 2.08. The van der Waals surface area contributed by atoms with Crippen LogP contribution in [0, 0.1) is 22.7 Å². The van der Waals surface area contributed by atoms with E-state index in [1.807, 2.05) is 0 Å². The van der Waals surface area contributed by atoms with Crippen molar-refractivity contribution in [2.45, 2.75) is 51.9 Å². The van der Waals surface area contributed by atoms with Crippen LogP contribution in [0.25, 0.3) is 0 Å². The maximum absolute atomic E-state index is 13.4. The van der Waals surface area contributed by atoms with Gasteiger partial charge in [0.25, 0.3) is 5.92 Å². The molecule has 0 radical (unpaired) electrons. The summed E-state index contributed by atoms with van der Waals surface area (Å²) in [5.74, 6) is -3.14. The fourth-order valence-corrected chi connectivity index (χ4v) is 2.08. The quantitative estimate of drug-likeness (QED) is 0.667. The summed E-state index contributed by atoms with van der Waals surface area (Å²) < 4.78 is 26.9. The van der Waals surface area contributed by atoms with E-state index in [4.69, 9.17) is 5.26 Å². The highest BCUT2D eigenvalue weighted by Crippen LogP contribution is 2.43. The van der Waals surface area contributed by atoms with Gasteiger partial charge in [-0.1, -0.05) is 6.42 Å². The maximum atomic E-state index is 13.4. The normalized spacial score (nSPS) is 26.9. The SMILES string of the molecule is CC(C)(C#N)CC1CCCCC1(F)F. The van der Waals surface area contributed by atoms with Crippen molar-refractivity contribution in [3.8, 4) is 6.07 Å². The van der Waals surface area contributed by atoms with E-state index in [2.05, 4.69) is 6.07 Å². The lowest BCUT2D eigenvalue weighted by atomic mass is 9.75. The molecule has 0 saturated heterocycles. The van der Waals surface area contributed by atoms with Crippen molar-refractivity contribution in [3.63, 3.8) is 0 Å². The van der Waals surface area contributed by atoms with Gasteiger partial charge in [-0.25, -0.2) is 8.78 Å². The number of nitrogens with zero attached hydrogens (tertiary/aromatic N) is 1. The van der Waals surface area contributed by atoms with Gasteiger partial charge in [-0.2, -0.15) is 5.26 Å². The van der Waals surface area contributed by atoms with Crippen LogP contribution in [-0.4, -0.2) is 5.92 Å². The first-order valence-electron chi connectivity index (χ1n) is 5.16. The van der Waals surface area contributed by atoms with Crippen molar-refractivity contribution in [2.24, 2.45) is 11.3 Å². The highest BCUT2D eigenvalue weighted by Gasteiger charge is 2.43. The lowest BCUT2D eigenvalue weighted by Gasteiger charge is -2.34. The zero-order chi connectivity index (χ0) is 10.8. The zero-order valence-corrected chi connectivity index (χ0v) is 8.82. The van der Waals surface area contributed by atoms with Crippen LogP contribution in [0.2, 0.25) is 0 Å². The first-order chi connectivity index (χ1) is 6.37. The van der Waals surface area contributed by atoms with Gasteiger partial charge >= 0.3 is 0 Å². The molecule has 3 heteroatoms. The number of nitriles is 1. The Morgan fingerprint density at radius 2 is 2.07 bits per heavy atom. The second-order valence-electron chi connectivity index (χ2n) is 4.90. The molecule has 1 rings (SSSR count). The Labute approximate surface area is 84.1 Å². The van der Waals surface area contributed by atoms with Crippen LogP contribution in [0.3, 0.4) is 0 Å². The molecule has 1 aliphatic rings.